The molecule has 0 aliphatic carbocycles. The maximum atomic E-state index is 11.6. The van der Waals surface area contributed by atoms with Crippen LogP contribution in [0.25, 0.3) is 0 Å². The van der Waals surface area contributed by atoms with Gasteiger partial charge in [-0.15, -0.1) is 0 Å². The van der Waals surface area contributed by atoms with Crippen molar-refractivity contribution >= 4 is 11.8 Å². The van der Waals surface area contributed by atoms with E-state index in [4.69, 9.17) is 0 Å². The molecule has 1 heterocycles. The lowest BCUT2D eigenvalue weighted by Gasteiger charge is -2.37. The molecule has 4 nitrogen and oxygen atoms in total. The van der Waals surface area contributed by atoms with E-state index >= 15 is 0 Å². The molecule has 1 aliphatic heterocycles. The number of amides is 2. The van der Waals surface area contributed by atoms with E-state index in [0.29, 0.717) is 12.8 Å². The van der Waals surface area contributed by atoms with Crippen LogP contribution in [0.4, 0.5) is 0 Å². The van der Waals surface area contributed by atoms with Crippen LogP contribution in [0.2, 0.25) is 0 Å². The van der Waals surface area contributed by atoms with Gasteiger partial charge in [-0.25, -0.2) is 0 Å². The van der Waals surface area contributed by atoms with Gasteiger partial charge in [-0.1, -0.05) is 13.8 Å². The van der Waals surface area contributed by atoms with Crippen molar-refractivity contribution in [2.24, 2.45) is 0 Å². The van der Waals surface area contributed by atoms with Crippen LogP contribution in [0.3, 0.4) is 0 Å². The fourth-order valence-electron chi connectivity index (χ4n) is 1.55. The molecule has 0 unspecified atom stereocenters. The van der Waals surface area contributed by atoms with Crippen molar-refractivity contribution in [2.75, 3.05) is 0 Å². The predicted octanol–water partition coefficient (Wildman–Crippen LogP) is 0.180. The minimum Gasteiger partial charge on any atom is -0.343 e. The fourth-order valence-corrected chi connectivity index (χ4v) is 1.55. The van der Waals surface area contributed by atoms with E-state index in [1.165, 1.54) is 0 Å². The van der Waals surface area contributed by atoms with Gasteiger partial charge in [-0.3, -0.25) is 9.59 Å². The van der Waals surface area contributed by atoms with Gasteiger partial charge < -0.3 is 10.6 Å². The zero-order valence-corrected chi connectivity index (χ0v) is 8.31. The Bertz CT molecular complexity index is 234. The predicted molar refractivity (Wildman–Crippen MR) is 49.1 cm³/mol. The van der Waals surface area contributed by atoms with E-state index in [-0.39, 0.29) is 11.8 Å². The number of hydrogen-bond acceptors (Lipinski definition) is 2. The summed E-state index contributed by atoms with van der Waals surface area (Å²) in [6.45, 7) is 5.49. The van der Waals surface area contributed by atoms with E-state index < -0.39 is 11.6 Å². The molecular formula is C9H16N2O2. The molecule has 74 valence electrons. The molecule has 1 aliphatic rings. The molecule has 0 aromatic rings. The fraction of sp³-hybridized carbons (Fsp3) is 0.778. The molecule has 0 bridgehead atoms. The first-order valence-corrected chi connectivity index (χ1v) is 4.68. The Morgan fingerprint density at radius 2 is 1.85 bits per heavy atom. The third-order valence-electron chi connectivity index (χ3n) is 2.75. The van der Waals surface area contributed by atoms with E-state index in [0.717, 1.165) is 0 Å². The second-order valence-corrected chi connectivity index (χ2v) is 3.47. The van der Waals surface area contributed by atoms with Gasteiger partial charge in [0, 0.05) is 0 Å². The average Bonchev–Trinajstić information content (AvgIpc) is 2.12. The molecule has 0 radical (unpaired) electrons. The Labute approximate surface area is 78.1 Å². The van der Waals surface area contributed by atoms with Gasteiger partial charge in [0.1, 0.15) is 11.6 Å². The Kier molecular flexibility index (Phi) is 2.59. The summed E-state index contributed by atoms with van der Waals surface area (Å²) in [6.07, 6.45) is 1.27. The van der Waals surface area contributed by atoms with Gasteiger partial charge in [0.05, 0.1) is 0 Å². The molecule has 13 heavy (non-hydrogen) atoms. The van der Waals surface area contributed by atoms with Crippen molar-refractivity contribution < 1.29 is 9.59 Å². The molecule has 0 aromatic carbocycles. The molecule has 2 amide bonds. The first kappa shape index (κ1) is 10.0. The number of carbonyl (C=O) groups is 2. The van der Waals surface area contributed by atoms with Crippen LogP contribution in [0.5, 0.6) is 0 Å². The van der Waals surface area contributed by atoms with Crippen molar-refractivity contribution in [3.63, 3.8) is 0 Å². The second-order valence-electron chi connectivity index (χ2n) is 3.47. The highest BCUT2D eigenvalue weighted by molar-refractivity contribution is 5.99. The minimum atomic E-state index is -0.677. The molecule has 4 heteroatoms. The number of piperazine rings is 1. The lowest BCUT2D eigenvalue weighted by molar-refractivity contribution is -0.141. The molecule has 0 spiro atoms. The molecule has 0 saturated carbocycles. The third-order valence-corrected chi connectivity index (χ3v) is 2.75. The third kappa shape index (κ3) is 1.53. The van der Waals surface area contributed by atoms with Crippen molar-refractivity contribution in [3.05, 3.63) is 0 Å². The van der Waals surface area contributed by atoms with Crippen LogP contribution in [-0.4, -0.2) is 23.4 Å². The molecule has 1 atom stereocenters. The first-order valence-electron chi connectivity index (χ1n) is 4.68. The van der Waals surface area contributed by atoms with Gasteiger partial charge in [0.2, 0.25) is 11.8 Å². The van der Waals surface area contributed by atoms with Gasteiger partial charge >= 0.3 is 0 Å². The van der Waals surface area contributed by atoms with Gasteiger partial charge in [-0.2, -0.15) is 0 Å². The highest BCUT2D eigenvalue weighted by Crippen LogP contribution is 2.18. The van der Waals surface area contributed by atoms with Crippen molar-refractivity contribution in [1.82, 2.24) is 10.6 Å². The van der Waals surface area contributed by atoms with Crippen molar-refractivity contribution in [1.29, 1.82) is 0 Å². The van der Waals surface area contributed by atoms with Gasteiger partial charge in [0.15, 0.2) is 0 Å². The summed E-state index contributed by atoms with van der Waals surface area (Å²) >= 11 is 0. The zero-order chi connectivity index (χ0) is 10.1. The summed E-state index contributed by atoms with van der Waals surface area (Å²) in [6, 6.07) is -0.404. The summed E-state index contributed by atoms with van der Waals surface area (Å²) in [5, 5.41) is 5.45. The molecule has 1 rings (SSSR count). The normalized spacial score (nSPS) is 26.5. The van der Waals surface area contributed by atoms with Crippen LogP contribution in [0.15, 0.2) is 0 Å². The summed E-state index contributed by atoms with van der Waals surface area (Å²) in [5.41, 5.74) is -0.677. The lowest BCUT2D eigenvalue weighted by Crippen LogP contribution is -2.68. The van der Waals surface area contributed by atoms with E-state index in [1.807, 2.05) is 13.8 Å². The number of hydrogen-bond donors (Lipinski definition) is 2. The molecule has 1 saturated heterocycles. The van der Waals surface area contributed by atoms with Gasteiger partial charge in [-0.05, 0) is 19.8 Å². The maximum absolute atomic E-state index is 11.6. The number of nitrogens with one attached hydrogen (secondary N) is 2. The Morgan fingerprint density at radius 1 is 1.31 bits per heavy atom. The molecule has 0 aromatic heterocycles. The minimum absolute atomic E-state index is 0.0652. The van der Waals surface area contributed by atoms with Crippen molar-refractivity contribution in [3.8, 4) is 0 Å². The monoisotopic (exact) mass is 184 g/mol. The van der Waals surface area contributed by atoms with Crippen LogP contribution in [0.1, 0.15) is 33.6 Å². The summed E-state index contributed by atoms with van der Waals surface area (Å²) in [4.78, 5) is 23.0. The highest BCUT2D eigenvalue weighted by atomic mass is 16.2. The molecule has 2 N–H and O–H groups in total. The van der Waals surface area contributed by atoms with Crippen LogP contribution < -0.4 is 10.6 Å². The quantitative estimate of drug-likeness (QED) is 0.643. The topological polar surface area (TPSA) is 58.2 Å². The summed E-state index contributed by atoms with van der Waals surface area (Å²) < 4.78 is 0. The summed E-state index contributed by atoms with van der Waals surface area (Å²) in [7, 11) is 0. The Hall–Kier alpha value is -1.06. The largest absolute Gasteiger partial charge is 0.343 e. The standard InChI is InChI=1S/C9H16N2O2/c1-4-9(5-2)8(13)10-6(3)7(12)11-9/h6H,4-5H2,1-3H3,(H,10,13)(H,11,12)/t6-/m0/s1. The van der Waals surface area contributed by atoms with Crippen LogP contribution >= 0.6 is 0 Å². The summed E-state index contributed by atoms with van der Waals surface area (Å²) in [5.74, 6) is -0.159. The average molecular weight is 184 g/mol. The van der Waals surface area contributed by atoms with E-state index in [9.17, 15) is 9.59 Å². The molecule has 1 fully saturated rings. The first-order chi connectivity index (χ1) is 6.05. The Morgan fingerprint density at radius 3 is 2.31 bits per heavy atom. The van der Waals surface area contributed by atoms with E-state index in [1.54, 1.807) is 6.92 Å². The Balaban J connectivity index is 2.87. The van der Waals surface area contributed by atoms with E-state index in [2.05, 4.69) is 10.6 Å². The number of carbonyl (C=O) groups excluding carboxylic acids is 2. The molecular weight excluding hydrogens is 168 g/mol. The zero-order valence-electron chi connectivity index (χ0n) is 8.31. The number of rotatable bonds is 2. The SMILES string of the molecule is CCC1(CC)NC(=O)[C@H](C)NC1=O. The smallest absolute Gasteiger partial charge is 0.246 e. The van der Waals surface area contributed by atoms with Gasteiger partial charge in [0.25, 0.3) is 0 Å². The van der Waals surface area contributed by atoms with Crippen molar-refractivity contribution in [2.45, 2.75) is 45.2 Å². The highest BCUT2D eigenvalue weighted by Gasteiger charge is 2.42. The van der Waals surface area contributed by atoms with Crippen LogP contribution in [0, 0.1) is 0 Å². The lowest BCUT2D eigenvalue weighted by atomic mass is 9.89. The van der Waals surface area contributed by atoms with Crippen LogP contribution in [-0.2, 0) is 9.59 Å². The maximum Gasteiger partial charge on any atom is 0.246 e. The second kappa shape index (κ2) is 3.36.